The summed E-state index contributed by atoms with van der Waals surface area (Å²) < 4.78 is 8.41. The van der Waals surface area contributed by atoms with Gasteiger partial charge < -0.3 is 19.9 Å². The van der Waals surface area contributed by atoms with E-state index in [9.17, 15) is 0 Å². The standard InChI is InChI=1S/C22H32N6O.HI/c1-5-23-21(24-13-16-10-11-20-27-26-15(2)28(20)14-16)25-18-12-22(3,4)29-19-9-7-6-8-17(18)19;/h6-9,16,18H,5,10-14H2,1-4H3,(H2,23,24,25);1H. The molecular weight excluding hydrogens is 491 g/mol. The minimum atomic E-state index is -0.213. The van der Waals surface area contributed by atoms with Gasteiger partial charge in [-0.05, 0) is 46.1 Å². The van der Waals surface area contributed by atoms with Gasteiger partial charge in [0, 0.05) is 38.0 Å². The quantitative estimate of drug-likeness (QED) is 0.363. The molecule has 2 N–H and O–H groups in total. The van der Waals surface area contributed by atoms with Crippen LogP contribution >= 0.6 is 24.0 Å². The Kier molecular flexibility index (Phi) is 7.26. The highest BCUT2D eigenvalue weighted by molar-refractivity contribution is 14.0. The Labute approximate surface area is 196 Å². The molecule has 0 fully saturated rings. The molecule has 0 radical (unpaired) electrons. The third kappa shape index (κ3) is 5.07. The van der Waals surface area contributed by atoms with Crippen molar-refractivity contribution in [2.24, 2.45) is 10.9 Å². The molecule has 2 atom stereocenters. The van der Waals surface area contributed by atoms with Crippen molar-refractivity contribution >= 4 is 29.9 Å². The molecule has 164 valence electrons. The molecule has 3 heterocycles. The number of halogens is 1. The van der Waals surface area contributed by atoms with Crippen LogP contribution in [0, 0.1) is 12.8 Å². The average Bonchev–Trinajstić information content (AvgIpc) is 3.06. The molecule has 1 aromatic carbocycles. The van der Waals surface area contributed by atoms with Gasteiger partial charge in [0.1, 0.15) is 23.0 Å². The first-order valence-corrected chi connectivity index (χ1v) is 10.7. The van der Waals surface area contributed by atoms with E-state index in [0.717, 1.165) is 62.3 Å². The van der Waals surface area contributed by atoms with Gasteiger partial charge >= 0.3 is 0 Å². The molecule has 2 aliphatic heterocycles. The first-order chi connectivity index (χ1) is 13.9. The summed E-state index contributed by atoms with van der Waals surface area (Å²) in [4.78, 5) is 4.94. The zero-order valence-corrected chi connectivity index (χ0v) is 20.6. The monoisotopic (exact) mass is 524 g/mol. The maximum atomic E-state index is 6.17. The molecule has 4 rings (SSSR count). The Morgan fingerprint density at radius 2 is 2.10 bits per heavy atom. The number of rotatable bonds is 4. The van der Waals surface area contributed by atoms with E-state index < -0.39 is 0 Å². The van der Waals surface area contributed by atoms with Crippen molar-refractivity contribution in [1.29, 1.82) is 0 Å². The zero-order valence-electron chi connectivity index (χ0n) is 18.3. The van der Waals surface area contributed by atoms with E-state index >= 15 is 0 Å². The summed E-state index contributed by atoms with van der Waals surface area (Å²) >= 11 is 0. The van der Waals surface area contributed by atoms with Gasteiger partial charge in [-0.3, -0.25) is 4.99 Å². The topological polar surface area (TPSA) is 76.4 Å². The molecule has 2 aromatic rings. The van der Waals surface area contributed by atoms with Crippen LogP contribution in [0.4, 0.5) is 0 Å². The van der Waals surface area contributed by atoms with Gasteiger partial charge in [0.15, 0.2) is 5.96 Å². The van der Waals surface area contributed by atoms with Gasteiger partial charge in [-0.15, -0.1) is 34.2 Å². The predicted molar refractivity (Wildman–Crippen MR) is 130 cm³/mol. The lowest BCUT2D eigenvalue weighted by atomic mass is 9.90. The number of ether oxygens (including phenoxy) is 1. The van der Waals surface area contributed by atoms with Gasteiger partial charge in [-0.2, -0.15) is 0 Å². The Bertz CT molecular complexity index is 894. The fourth-order valence-corrected chi connectivity index (χ4v) is 4.32. The van der Waals surface area contributed by atoms with Gasteiger partial charge in [-0.25, -0.2) is 0 Å². The molecule has 30 heavy (non-hydrogen) atoms. The highest BCUT2D eigenvalue weighted by Crippen LogP contribution is 2.39. The summed E-state index contributed by atoms with van der Waals surface area (Å²) in [5.41, 5.74) is 0.981. The second-order valence-electron chi connectivity index (χ2n) is 8.70. The molecule has 0 bridgehead atoms. The summed E-state index contributed by atoms with van der Waals surface area (Å²) in [6, 6.07) is 8.46. The highest BCUT2D eigenvalue weighted by Gasteiger charge is 2.34. The normalized spacial score (nSPS) is 22.2. The molecule has 0 aliphatic carbocycles. The van der Waals surface area contributed by atoms with E-state index in [-0.39, 0.29) is 35.6 Å². The number of nitrogens with one attached hydrogen (secondary N) is 2. The number of benzene rings is 1. The minimum absolute atomic E-state index is 0. The number of para-hydroxylation sites is 1. The number of aromatic nitrogens is 3. The van der Waals surface area contributed by atoms with Crippen molar-refractivity contribution in [1.82, 2.24) is 25.4 Å². The molecule has 1 aromatic heterocycles. The summed E-state index contributed by atoms with van der Waals surface area (Å²) in [5.74, 6) is 4.44. The number of fused-ring (bicyclic) bond motifs is 2. The molecule has 0 saturated carbocycles. The third-order valence-corrected chi connectivity index (χ3v) is 5.77. The van der Waals surface area contributed by atoms with Crippen LogP contribution in [-0.4, -0.2) is 39.4 Å². The Balaban J connectivity index is 0.00000256. The molecule has 7 nitrogen and oxygen atoms in total. The van der Waals surface area contributed by atoms with Gasteiger partial charge in [0.25, 0.3) is 0 Å². The van der Waals surface area contributed by atoms with Crippen LogP contribution in [0.1, 0.15) is 56.9 Å². The zero-order chi connectivity index (χ0) is 20.4. The van der Waals surface area contributed by atoms with E-state index in [0.29, 0.717) is 5.92 Å². The smallest absolute Gasteiger partial charge is 0.191 e. The van der Waals surface area contributed by atoms with Crippen LogP contribution in [0.5, 0.6) is 5.75 Å². The fourth-order valence-electron chi connectivity index (χ4n) is 4.32. The van der Waals surface area contributed by atoms with Crippen molar-refractivity contribution in [2.45, 2.75) is 65.1 Å². The first-order valence-electron chi connectivity index (χ1n) is 10.7. The number of guanidine groups is 1. The number of nitrogens with zero attached hydrogens (tertiary/aromatic N) is 4. The Hall–Kier alpha value is -1.84. The van der Waals surface area contributed by atoms with Crippen molar-refractivity contribution in [2.75, 3.05) is 13.1 Å². The van der Waals surface area contributed by atoms with E-state index in [1.165, 1.54) is 5.56 Å². The molecule has 0 amide bonds. The lowest BCUT2D eigenvalue weighted by Gasteiger charge is -2.38. The van der Waals surface area contributed by atoms with E-state index in [4.69, 9.17) is 9.73 Å². The van der Waals surface area contributed by atoms with Crippen LogP contribution in [0.3, 0.4) is 0 Å². The number of hydrogen-bond acceptors (Lipinski definition) is 4. The first kappa shape index (κ1) is 22.8. The van der Waals surface area contributed by atoms with Crippen LogP contribution in [0.15, 0.2) is 29.3 Å². The van der Waals surface area contributed by atoms with Crippen molar-refractivity contribution in [3.8, 4) is 5.75 Å². The maximum Gasteiger partial charge on any atom is 0.191 e. The number of aliphatic imine (C=N–C) groups is 1. The Morgan fingerprint density at radius 1 is 1.30 bits per heavy atom. The Morgan fingerprint density at radius 3 is 2.90 bits per heavy atom. The van der Waals surface area contributed by atoms with Crippen LogP contribution in [0.25, 0.3) is 0 Å². The van der Waals surface area contributed by atoms with E-state index in [2.05, 4.69) is 64.4 Å². The van der Waals surface area contributed by atoms with Crippen molar-refractivity contribution < 1.29 is 4.74 Å². The molecule has 2 unspecified atom stereocenters. The summed E-state index contributed by atoms with van der Waals surface area (Å²) in [5, 5.41) is 15.6. The van der Waals surface area contributed by atoms with Crippen molar-refractivity contribution in [3.05, 3.63) is 41.5 Å². The average molecular weight is 524 g/mol. The van der Waals surface area contributed by atoms with E-state index in [1.807, 2.05) is 13.0 Å². The van der Waals surface area contributed by atoms with Gasteiger partial charge in [-0.1, -0.05) is 18.2 Å². The number of aryl methyl sites for hydroxylation is 2. The van der Waals surface area contributed by atoms with Gasteiger partial charge in [0.05, 0.1) is 6.04 Å². The largest absolute Gasteiger partial charge is 0.487 e. The second-order valence-corrected chi connectivity index (χ2v) is 8.70. The third-order valence-electron chi connectivity index (χ3n) is 5.77. The predicted octanol–water partition coefficient (Wildman–Crippen LogP) is 3.62. The molecule has 0 spiro atoms. The SMILES string of the molecule is CCNC(=NCC1CCc2nnc(C)n2C1)NC1CC(C)(C)Oc2ccccc21.I. The van der Waals surface area contributed by atoms with Gasteiger partial charge in [0.2, 0.25) is 0 Å². The summed E-state index contributed by atoms with van der Waals surface area (Å²) in [6.45, 7) is 11.0. The molecule has 0 saturated heterocycles. The highest BCUT2D eigenvalue weighted by atomic mass is 127. The van der Waals surface area contributed by atoms with Crippen molar-refractivity contribution in [3.63, 3.8) is 0 Å². The summed E-state index contributed by atoms with van der Waals surface area (Å²) in [7, 11) is 0. The molecular formula is C22H33IN6O. The lowest BCUT2D eigenvalue weighted by molar-refractivity contribution is 0.0694. The molecule has 2 aliphatic rings. The fraction of sp³-hybridized carbons (Fsp3) is 0.591. The molecule has 8 heteroatoms. The minimum Gasteiger partial charge on any atom is -0.487 e. The lowest BCUT2D eigenvalue weighted by Crippen LogP contribution is -2.45. The van der Waals surface area contributed by atoms with Crippen LogP contribution < -0.4 is 15.4 Å². The van der Waals surface area contributed by atoms with E-state index in [1.54, 1.807) is 0 Å². The number of hydrogen-bond donors (Lipinski definition) is 2. The van der Waals surface area contributed by atoms with Crippen LogP contribution in [-0.2, 0) is 13.0 Å². The maximum absolute atomic E-state index is 6.17. The summed E-state index contributed by atoms with van der Waals surface area (Å²) in [6.07, 6.45) is 2.97. The van der Waals surface area contributed by atoms with Crippen LogP contribution in [0.2, 0.25) is 0 Å². The second kappa shape index (κ2) is 9.53.